The van der Waals surface area contributed by atoms with Crippen LogP contribution in [0.5, 0.6) is 11.8 Å². The number of aromatic nitrogens is 3. The first kappa shape index (κ1) is 27.8. The molecule has 0 unspecified atom stereocenters. The zero-order valence-corrected chi connectivity index (χ0v) is 24.2. The minimum Gasteiger partial charge on any atom is -0.493 e. The van der Waals surface area contributed by atoms with E-state index in [1.807, 2.05) is 48.1 Å². The Balaban J connectivity index is 1.21. The standard InChI is InChI=1S/C32H38N6O4/c1-22-19-36(20-23-13-15-37(16-14-23)32(40)41)17-18-38(22)27-10-6-9-25-29(34-35(2)30(25)27)26-11-12-28(39)33-31(26)42-21-24-7-4-3-5-8-24/h3-12,22-23H,13-21H2,1-2H3,(H,33,39)(H,40,41)/t22-/m1/s1. The summed E-state index contributed by atoms with van der Waals surface area (Å²) in [5.41, 5.74) is 4.72. The van der Waals surface area contributed by atoms with E-state index in [2.05, 4.69) is 39.9 Å². The third kappa shape index (κ3) is 5.72. The van der Waals surface area contributed by atoms with Crippen molar-refractivity contribution in [1.82, 2.24) is 24.6 Å². The molecular formula is C32H38N6O4. The molecule has 42 heavy (non-hydrogen) atoms. The van der Waals surface area contributed by atoms with Crippen LogP contribution >= 0.6 is 0 Å². The van der Waals surface area contributed by atoms with E-state index in [0.29, 0.717) is 37.5 Å². The van der Waals surface area contributed by atoms with Gasteiger partial charge >= 0.3 is 6.09 Å². The molecule has 10 heteroatoms. The summed E-state index contributed by atoms with van der Waals surface area (Å²) >= 11 is 0. The molecule has 6 rings (SSSR count). The second kappa shape index (κ2) is 11.9. The van der Waals surface area contributed by atoms with Crippen molar-refractivity contribution in [2.24, 2.45) is 13.0 Å². The average Bonchev–Trinajstić information content (AvgIpc) is 3.33. The summed E-state index contributed by atoms with van der Waals surface area (Å²) < 4.78 is 8.04. The molecule has 0 radical (unpaired) electrons. The third-order valence-electron chi connectivity index (χ3n) is 8.59. The number of rotatable bonds is 7. The van der Waals surface area contributed by atoms with Gasteiger partial charge in [0.15, 0.2) is 0 Å². The number of piperidine rings is 1. The van der Waals surface area contributed by atoms with Crippen LogP contribution in [-0.4, -0.2) is 86.2 Å². The number of amides is 1. The summed E-state index contributed by atoms with van der Waals surface area (Å²) in [6, 6.07) is 19.9. The van der Waals surface area contributed by atoms with E-state index in [0.717, 1.165) is 72.4 Å². The first-order chi connectivity index (χ1) is 20.4. The molecule has 1 amide bonds. The van der Waals surface area contributed by atoms with Crippen LogP contribution in [-0.2, 0) is 13.7 Å². The van der Waals surface area contributed by atoms with Gasteiger partial charge in [0.25, 0.3) is 0 Å². The predicted octanol–water partition coefficient (Wildman–Crippen LogP) is 4.82. The minimum atomic E-state index is -0.805. The number of ether oxygens (including phenoxy) is 1. The summed E-state index contributed by atoms with van der Waals surface area (Å²) in [4.78, 5) is 22.1. The Hall–Kier alpha value is -4.31. The van der Waals surface area contributed by atoms with E-state index >= 15 is 0 Å². The van der Waals surface area contributed by atoms with E-state index < -0.39 is 6.09 Å². The molecule has 2 aromatic carbocycles. The van der Waals surface area contributed by atoms with Gasteiger partial charge in [-0.05, 0) is 43.4 Å². The van der Waals surface area contributed by atoms with Crippen LogP contribution in [0.15, 0.2) is 60.7 Å². The van der Waals surface area contributed by atoms with Crippen LogP contribution in [0.2, 0.25) is 0 Å². The van der Waals surface area contributed by atoms with E-state index in [1.54, 1.807) is 6.07 Å². The second-order valence-corrected chi connectivity index (χ2v) is 11.5. The van der Waals surface area contributed by atoms with Crippen LogP contribution in [0.25, 0.3) is 22.2 Å². The highest BCUT2D eigenvalue weighted by molar-refractivity contribution is 6.01. The Morgan fingerprint density at radius 1 is 1.00 bits per heavy atom. The molecule has 0 saturated carbocycles. The predicted molar refractivity (Wildman–Crippen MR) is 162 cm³/mol. The largest absolute Gasteiger partial charge is 0.493 e. The number of benzene rings is 2. The lowest BCUT2D eigenvalue weighted by Gasteiger charge is -2.43. The van der Waals surface area contributed by atoms with Gasteiger partial charge in [0.2, 0.25) is 11.8 Å². The van der Waals surface area contributed by atoms with E-state index in [9.17, 15) is 15.0 Å². The topological polar surface area (TPSA) is 107 Å². The maximum Gasteiger partial charge on any atom is 0.407 e. The molecule has 2 aliphatic heterocycles. The Kier molecular flexibility index (Phi) is 7.88. The van der Waals surface area contributed by atoms with Crippen molar-refractivity contribution in [1.29, 1.82) is 0 Å². The second-order valence-electron chi connectivity index (χ2n) is 11.5. The smallest absolute Gasteiger partial charge is 0.407 e. The molecule has 0 spiro atoms. The normalized spacial score (nSPS) is 18.5. The van der Waals surface area contributed by atoms with E-state index in [4.69, 9.17) is 9.84 Å². The van der Waals surface area contributed by atoms with Crippen LogP contribution in [0.3, 0.4) is 0 Å². The zero-order chi connectivity index (χ0) is 29.2. The lowest BCUT2D eigenvalue weighted by molar-refractivity contribution is 0.109. The highest BCUT2D eigenvalue weighted by Crippen LogP contribution is 2.38. The van der Waals surface area contributed by atoms with Gasteiger partial charge in [0, 0.05) is 63.8 Å². The summed E-state index contributed by atoms with van der Waals surface area (Å²) in [6.45, 7) is 7.72. The molecule has 2 aromatic heterocycles. The Labute approximate surface area is 245 Å². The van der Waals surface area contributed by atoms with Crippen LogP contribution in [0, 0.1) is 5.92 Å². The molecule has 2 aliphatic rings. The first-order valence-corrected chi connectivity index (χ1v) is 14.7. The fraction of sp³-hybridized carbons (Fsp3) is 0.406. The van der Waals surface area contributed by atoms with Crippen molar-refractivity contribution in [2.45, 2.75) is 32.4 Å². The molecule has 4 aromatic rings. The van der Waals surface area contributed by atoms with Gasteiger partial charge in [-0.2, -0.15) is 10.1 Å². The van der Waals surface area contributed by atoms with Crippen molar-refractivity contribution < 1.29 is 19.7 Å². The number of likely N-dealkylation sites (tertiary alicyclic amines) is 1. The number of anilines is 1. The Morgan fingerprint density at radius 3 is 2.52 bits per heavy atom. The molecule has 220 valence electrons. The van der Waals surface area contributed by atoms with Crippen molar-refractivity contribution in [3.8, 4) is 23.0 Å². The van der Waals surface area contributed by atoms with Crippen molar-refractivity contribution in [3.05, 3.63) is 66.2 Å². The number of piperazine rings is 1. The van der Waals surface area contributed by atoms with Gasteiger partial charge in [-0.25, -0.2) is 4.79 Å². The number of pyridine rings is 1. The molecule has 2 fully saturated rings. The van der Waals surface area contributed by atoms with Gasteiger partial charge in [-0.3, -0.25) is 9.58 Å². The fourth-order valence-corrected chi connectivity index (χ4v) is 6.42. The molecule has 4 heterocycles. The molecule has 1 atom stereocenters. The maximum absolute atomic E-state index is 11.3. The molecular weight excluding hydrogens is 532 g/mol. The zero-order valence-electron chi connectivity index (χ0n) is 24.2. The first-order valence-electron chi connectivity index (χ1n) is 14.7. The SMILES string of the molecule is C[C@@H]1CN(CC2CCN(C(=O)O)CC2)CCN1c1cccc2c(-c3ccc(O)nc3OCc3ccccc3)nn(C)c12. The number of nitrogens with zero attached hydrogens (tertiary/aromatic N) is 6. The number of para-hydroxylation sites is 1. The Bertz CT molecular complexity index is 1550. The number of hydrogen-bond acceptors (Lipinski definition) is 7. The van der Waals surface area contributed by atoms with E-state index in [1.165, 1.54) is 4.90 Å². The molecule has 2 N–H and O–H groups in total. The fourth-order valence-electron chi connectivity index (χ4n) is 6.42. The number of hydrogen-bond donors (Lipinski definition) is 2. The lowest BCUT2D eigenvalue weighted by Crippen LogP contribution is -2.53. The van der Waals surface area contributed by atoms with Crippen LogP contribution in [0.4, 0.5) is 10.5 Å². The van der Waals surface area contributed by atoms with Crippen LogP contribution in [0.1, 0.15) is 25.3 Å². The summed E-state index contributed by atoms with van der Waals surface area (Å²) in [5.74, 6) is 0.793. The Morgan fingerprint density at radius 2 is 1.79 bits per heavy atom. The highest BCUT2D eigenvalue weighted by atomic mass is 16.5. The van der Waals surface area contributed by atoms with Gasteiger partial charge in [-0.1, -0.05) is 42.5 Å². The molecule has 0 aliphatic carbocycles. The lowest BCUT2D eigenvalue weighted by atomic mass is 9.95. The van der Waals surface area contributed by atoms with E-state index in [-0.39, 0.29) is 5.88 Å². The van der Waals surface area contributed by atoms with Gasteiger partial charge in [-0.15, -0.1) is 0 Å². The number of fused-ring (bicyclic) bond motifs is 1. The summed E-state index contributed by atoms with van der Waals surface area (Å²) in [5, 5.41) is 25.3. The number of aromatic hydroxyl groups is 1. The number of aryl methyl sites for hydroxylation is 1. The summed E-state index contributed by atoms with van der Waals surface area (Å²) in [7, 11) is 1.97. The van der Waals surface area contributed by atoms with Gasteiger partial charge < -0.3 is 24.7 Å². The van der Waals surface area contributed by atoms with Crippen molar-refractivity contribution >= 4 is 22.7 Å². The van der Waals surface area contributed by atoms with Crippen LogP contribution < -0.4 is 9.64 Å². The average molecular weight is 571 g/mol. The maximum atomic E-state index is 11.3. The van der Waals surface area contributed by atoms with Crippen molar-refractivity contribution in [3.63, 3.8) is 0 Å². The molecule has 2 saturated heterocycles. The third-order valence-corrected chi connectivity index (χ3v) is 8.59. The molecule has 10 nitrogen and oxygen atoms in total. The van der Waals surface area contributed by atoms with Crippen molar-refractivity contribution in [2.75, 3.05) is 44.2 Å². The summed E-state index contributed by atoms with van der Waals surface area (Å²) in [6.07, 6.45) is 1.06. The molecule has 0 bridgehead atoms. The minimum absolute atomic E-state index is 0.0955. The van der Waals surface area contributed by atoms with Gasteiger partial charge in [0.1, 0.15) is 12.3 Å². The van der Waals surface area contributed by atoms with Gasteiger partial charge in [0.05, 0.1) is 16.8 Å². The number of carbonyl (C=O) groups is 1. The quantitative estimate of drug-likeness (QED) is 0.326. The number of carboxylic acid groups (broad SMARTS) is 1. The highest BCUT2D eigenvalue weighted by Gasteiger charge is 2.30. The monoisotopic (exact) mass is 570 g/mol.